The number of ether oxygens (including phenoxy) is 2. The number of fused-ring (bicyclic) bond motifs is 2. The summed E-state index contributed by atoms with van der Waals surface area (Å²) in [6.07, 6.45) is -2.57. The lowest BCUT2D eigenvalue weighted by Gasteiger charge is -2.34. The highest BCUT2D eigenvalue weighted by atomic mass is 32.2. The average Bonchev–Trinajstić information content (AvgIpc) is 2.73. The van der Waals surface area contributed by atoms with Crippen LogP contribution in [0.25, 0.3) is 0 Å². The number of esters is 2. The number of carbonyl (C=O) groups excluding carboxylic acids is 2. The lowest BCUT2D eigenvalue weighted by Crippen LogP contribution is -2.50. The predicted molar refractivity (Wildman–Crippen MR) is 75.6 cm³/mol. The minimum absolute atomic E-state index is 0.125. The van der Waals surface area contributed by atoms with Crippen LogP contribution in [0.3, 0.4) is 0 Å². The van der Waals surface area contributed by atoms with Gasteiger partial charge >= 0.3 is 17.2 Å². The molecule has 0 aromatic rings. The van der Waals surface area contributed by atoms with Gasteiger partial charge in [0, 0.05) is 11.7 Å². The van der Waals surface area contributed by atoms with E-state index in [2.05, 4.69) is 4.74 Å². The van der Waals surface area contributed by atoms with Crippen LogP contribution >= 0.6 is 0 Å². The monoisotopic (exact) mass is 372 g/mol. The van der Waals surface area contributed by atoms with Crippen molar-refractivity contribution < 1.29 is 40.7 Å². The van der Waals surface area contributed by atoms with Gasteiger partial charge in [-0.05, 0) is 19.8 Å². The molecule has 0 amide bonds. The third-order valence-corrected chi connectivity index (χ3v) is 6.88. The number of hydrogen-bond acceptors (Lipinski definition) is 6. The summed E-state index contributed by atoms with van der Waals surface area (Å²) in [6, 6.07) is 0. The molecule has 0 aromatic carbocycles. The van der Waals surface area contributed by atoms with E-state index in [1.54, 1.807) is 20.8 Å². The first-order valence-electron chi connectivity index (χ1n) is 7.26. The van der Waals surface area contributed by atoms with Gasteiger partial charge in [-0.2, -0.15) is 8.78 Å². The summed E-state index contributed by atoms with van der Waals surface area (Å²) in [5.74, 6) is -1.75. The maximum atomic E-state index is 13.6. The standard InChI is InChI=1S/C14H19F3O6S/c1-11(2)12(3)5-6-13(11,23-9(12)18)10(19)22-7-8(15)14(16,17)24(4,20)21/h8H,5-7H2,1-4H3. The summed E-state index contributed by atoms with van der Waals surface area (Å²) >= 11 is 0. The molecule has 0 aromatic heterocycles. The number of rotatable bonds is 5. The number of halogens is 3. The molecular weight excluding hydrogens is 353 g/mol. The third-order valence-electron chi connectivity index (χ3n) is 5.63. The SMILES string of the molecule is CC12CCC(C(=O)OCC(F)C(F)(F)S(C)(=O)=O)(OC1=O)C2(C)C. The second kappa shape index (κ2) is 5.09. The topological polar surface area (TPSA) is 86.7 Å². The minimum atomic E-state index is -5.01. The zero-order valence-electron chi connectivity index (χ0n) is 13.7. The predicted octanol–water partition coefficient (Wildman–Crippen LogP) is 1.63. The Bertz CT molecular complexity index is 689. The fourth-order valence-electron chi connectivity index (χ4n) is 3.30. The van der Waals surface area contributed by atoms with Crippen molar-refractivity contribution in [3.05, 3.63) is 0 Å². The van der Waals surface area contributed by atoms with Gasteiger partial charge < -0.3 is 9.47 Å². The van der Waals surface area contributed by atoms with Gasteiger partial charge in [0.15, 0.2) is 0 Å². The van der Waals surface area contributed by atoms with Crippen LogP contribution < -0.4 is 0 Å². The molecule has 1 aliphatic heterocycles. The molecule has 2 fully saturated rings. The molecule has 3 atom stereocenters. The van der Waals surface area contributed by atoms with Crippen molar-refractivity contribution in [3.8, 4) is 0 Å². The molecule has 2 aliphatic rings. The van der Waals surface area contributed by atoms with Gasteiger partial charge in [-0.25, -0.2) is 17.6 Å². The lowest BCUT2D eigenvalue weighted by molar-refractivity contribution is -0.185. The van der Waals surface area contributed by atoms with Crippen molar-refractivity contribution >= 4 is 21.8 Å². The van der Waals surface area contributed by atoms with E-state index in [4.69, 9.17) is 4.74 Å². The molecule has 3 unspecified atom stereocenters. The summed E-state index contributed by atoms with van der Waals surface area (Å²) in [5, 5.41) is -4.68. The summed E-state index contributed by atoms with van der Waals surface area (Å²) in [7, 11) is -5.01. The zero-order chi connectivity index (χ0) is 18.8. The van der Waals surface area contributed by atoms with Crippen LogP contribution in [0, 0.1) is 10.8 Å². The highest BCUT2D eigenvalue weighted by Crippen LogP contribution is 2.65. The first-order valence-corrected chi connectivity index (χ1v) is 9.15. The molecule has 2 rings (SSSR count). The Morgan fingerprint density at radius 3 is 2.25 bits per heavy atom. The van der Waals surface area contributed by atoms with Gasteiger partial charge in [0.25, 0.3) is 0 Å². The number of sulfone groups is 1. The van der Waals surface area contributed by atoms with Gasteiger partial charge in [0.2, 0.25) is 21.6 Å². The Labute approximate surface area is 137 Å². The second-order valence-electron chi connectivity index (χ2n) is 7.07. The number of carbonyl (C=O) groups is 2. The van der Waals surface area contributed by atoms with Gasteiger partial charge in [-0.15, -0.1) is 0 Å². The highest BCUT2D eigenvalue weighted by molar-refractivity contribution is 7.91. The fraction of sp³-hybridized carbons (Fsp3) is 0.857. The Hall–Kier alpha value is -1.32. The minimum Gasteiger partial charge on any atom is -0.459 e. The van der Waals surface area contributed by atoms with Crippen molar-refractivity contribution in [2.45, 2.75) is 50.6 Å². The van der Waals surface area contributed by atoms with Gasteiger partial charge in [-0.1, -0.05) is 13.8 Å². The molecule has 138 valence electrons. The zero-order valence-corrected chi connectivity index (χ0v) is 14.5. The van der Waals surface area contributed by atoms with Gasteiger partial charge in [-0.3, -0.25) is 4.79 Å². The molecule has 6 nitrogen and oxygen atoms in total. The molecule has 10 heteroatoms. The number of hydrogen-bond donors (Lipinski definition) is 0. The maximum absolute atomic E-state index is 13.6. The molecule has 1 aliphatic carbocycles. The largest absolute Gasteiger partial charge is 0.459 e. The molecule has 0 N–H and O–H groups in total. The normalized spacial score (nSPS) is 33.2. The van der Waals surface area contributed by atoms with Crippen molar-refractivity contribution in [1.82, 2.24) is 0 Å². The highest BCUT2D eigenvalue weighted by Gasteiger charge is 2.76. The van der Waals surface area contributed by atoms with E-state index in [1.807, 2.05) is 0 Å². The second-order valence-corrected chi connectivity index (χ2v) is 9.16. The van der Waals surface area contributed by atoms with E-state index in [-0.39, 0.29) is 12.7 Å². The maximum Gasteiger partial charge on any atom is 0.378 e. The number of alkyl halides is 3. The van der Waals surface area contributed by atoms with E-state index in [0.717, 1.165) is 0 Å². The van der Waals surface area contributed by atoms with Crippen molar-refractivity contribution in [1.29, 1.82) is 0 Å². The van der Waals surface area contributed by atoms with Crippen LogP contribution in [0.15, 0.2) is 0 Å². The van der Waals surface area contributed by atoms with Gasteiger partial charge in [0.1, 0.15) is 6.61 Å². The summed E-state index contributed by atoms with van der Waals surface area (Å²) in [5.41, 5.74) is -3.59. The Morgan fingerprint density at radius 2 is 1.88 bits per heavy atom. The van der Waals surface area contributed by atoms with Crippen LogP contribution in [0.1, 0.15) is 33.6 Å². The summed E-state index contributed by atoms with van der Waals surface area (Å²) in [6.45, 7) is 3.41. The smallest absolute Gasteiger partial charge is 0.378 e. The Balaban J connectivity index is 2.16. The molecular formula is C14H19F3O6S. The molecule has 24 heavy (non-hydrogen) atoms. The van der Waals surface area contributed by atoms with E-state index in [1.165, 1.54) is 0 Å². The van der Waals surface area contributed by atoms with Crippen LogP contribution in [-0.4, -0.2) is 50.2 Å². The van der Waals surface area contributed by atoms with Crippen LogP contribution in [0.2, 0.25) is 0 Å². The van der Waals surface area contributed by atoms with E-state index in [9.17, 15) is 31.2 Å². The van der Waals surface area contributed by atoms with Crippen LogP contribution in [0.5, 0.6) is 0 Å². The summed E-state index contributed by atoms with van der Waals surface area (Å²) < 4.78 is 71.9. The molecule has 1 saturated heterocycles. The van der Waals surface area contributed by atoms with Crippen molar-refractivity contribution in [2.75, 3.05) is 12.9 Å². The Morgan fingerprint density at radius 1 is 1.33 bits per heavy atom. The summed E-state index contributed by atoms with van der Waals surface area (Å²) in [4.78, 5) is 24.4. The van der Waals surface area contributed by atoms with Crippen LogP contribution in [0.4, 0.5) is 13.2 Å². The fourth-order valence-corrected chi connectivity index (χ4v) is 3.83. The Kier molecular flexibility index (Phi) is 4.03. The van der Waals surface area contributed by atoms with Gasteiger partial charge in [0.05, 0.1) is 5.41 Å². The van der Waals surface area contributed by atoms with Crippen molar-refractivity contribution in [2.24, 2.45) is 10.8 Å². The first kappa shape index (κ1) is 19.0. The van der Waals surface area contributed by atoms with Crippen molar-refractivity contribution in [3.63, 3.8) is 0 Å². The van der Waals surface area contributed by atoms with E-state index >= 15 is 0 Å². The molecule has 2 bridgehead atoms. The lowest BCUT2D eigenvalue weighted by atomic mass is 9.66. The first-order chi connectivity index (χ1) is 10.6. The van der Waals surface area contributed by atoms with E-state index in [0.29, 0.717) is 6.42 Å². The average molecular weight is 372 g/mol. The van der Waals surface area contributed by atoms with Crippen LogP contribution in [-0.2, 0) is 28.9 Å². The van der Waals surface area contributed by atoms with E-state index < -0.39 is 56.2 Å². The molecule has 0 radical (unpaired) electrons. The molecule has 1 saturated carbocycles. The molecule has 1 heterocycles. The molecule has 0 spiro atoms. The quantitative estimate of drug-likeness (QED) is 0.682. The third kappa shape index (κ3) is 2.18.